The lowest BCUT2D eigenvalue weighted by Gasteiger charge is -2.28. The summed E-state index contributed by atoms with van der Waals surface area (Å²) in [6, 6.07) is 0. The number of aliphatic hydroxyl groups is 3. The largest absolute Gasteiger partial charge is 0.445 e. The third kappa shape index (κ3) is 40.4. The predicted molar refractivity (Wildman–Crippen MR) is 259 cm³/mol. The van der Waals surface area contributed by atoms with Gasteiger partial charge in [-0.3, -0.25) is 14.9 Å². The molecule has 63 heavy (non-hydrogen) atoms. The predicted octanol–water partition coefficient (Wildman–Crippen LogP) is 9.91. The van der Waals surface area contributed by atoms with E-state index in [2.05, 4.69) is 34.8 Å². The van der Waals surface area contributed by atoms with E-state index in [1.807, 2.05) is 12.2 Å². The van der Waals surface area contributed by atoms with E-state index >= 15 is 0 Å². The maximum absolute atomic E-state index is 12.7. The second-order valence-corrected chi connectivity index (χ2v) is 18.2. The van der Waals surface area contributed by atoms with Gasteiger partial charge >= 0.3 is 12.2 Å². The van der Waals surface area contributed by atoms with Gasteiger partial charge in [0.15, 0.2) is 6.10 Å². The van der Waals surface area contributed by atoms with Crippen LogP contribution in [0.5, 0.6) is 0 Å². The number of hydrogen-bond donors (Lipinski definition) is 7. The fourth-order valence-corrected chi connectivity index (χ4v) is 7.82. The Balaban J connectivity index is 4.51. The molecule has 0 bridgehead atoms. The van der Waals surface area contributed by atoms with Crippen molar-refractivity contribution in [2.75, 3.05) is 51.0 Å². The van der Waals surface area contributed by atoms with Gasteiger partial charge in [-0.15, -0.1) is 6.58 Å². The molecule has 368 valence electrons. The van der Waals surface area contributed by atoms with Crippen LogP contribution in [-0.2, 0) is 19.1 Å². The number of ether oxygens (including phenoxy) is 2. The lowest BCUT2D eigenvalue weighted by molar-refractivity contribution is -0.125. The van der Waals surface area contributed by atoms with Gasteiger partial charge in [0, 0.05) is 37.1 Å². The minimum atomic E-state index is -1.48. The van der Waals surface area contributed by atoms with Gasteiger partial charge in [0.1, 0.15) is 12.1 Å². The van der Waals surface area contributed by atoms with Crippen LogP contribution in [0.1, 0.15) is 200 Å². The summed E-state index contributed by atoms with van der Waals surface area (Å²) in [4.78, 5) is 49.9. The number of amides is 4. The van der Waals surface area contributed by atoms with Gasteiger partial charge in [0.2, 0.25) is 11.8 Å². The van der Waals surface area contributed by atoms with Gasteiger partial charge in [-0.25, -0.2) is 9.59 Å². The Morgan fingerprint density at radius 1 is 0.603 bits per heavy atom. The quantitative estimate of drug-likeness (QED) is 0.0228. The normalized spacial score (nSPS) is 11.9. The van der Waals surface area contributed by atoms with Gasteiger partial charge in [-0.1, -0.05) is 167 Å². The Hall–Kier alpha value is -2.81. The number of nitrogens with one attached hydrogen (secondary N) is 4. The molecule has 0 spiro atoms. The molecule has 0 heterocycles. The summed E-state index contributed by atoms with van der Waals surface area (Å²) in [6.45, 7) is 4.40. The van der Waals surface area contributed by atoms with Crippen LogP contribution in [0, 0.1) is 0 Å². The molecule has 0 aliphatic heterocycles. The zero-order valence-corrected chi connectivity index (χ0v) is 40.4. The minimum Gasteiger partial charge on any atom is -0.445 e. The number of rotatable bonds is 46. The fraction of sp³-hybridized carbons (Fsp3) is 0.837. The number of carbonyl (C=O) groups is 4. The van der Waals surface area contributed by atoms with Gasteiger partial charge in [-0.2, -0.15) is 11.8 Å². The molecule has 4 amide bonds. The first kappa shape index (κ1) is 60.2. The number of unbranched alkanes of at least 4 members (excludes halogenated alkanes) is 26. The maximum Gasteiger partial charge on any atom is 0.411 e. The highest BCUT2D eigenvalue weighted by Gasteiger charge is 2.29. The van der Waals surface area contributed by atoms with Crippen LogP contribution in [0.4, 0.5) is 9.59 Å². The Morgan fingerprint density at radius 3 is 1.56 bits per heavy atom. The van der Waals surface area contributed by atoms with E-state index in [4.69, 9.17) is 9.47 Å². The summed E-state index contributed by atoms with van der Waals surface area (Å²) in [7, 11) is 0. The molecule has 13 nitrogen and oxygen atoms in total. The summed E-state index contributed by atoms with van der Waals surface area (Å²) in [5.41, 5.74) is -1.48. The first-order chi connectivity index (χ1) is 30.7. The highest BCUT2D eigenvalue weighted by Crippen LogP contribution is 2.15. The Kier molecular flexibility index (Phi) is 43.7. The van der Waals surface area contributed by atoms with Gasteiger partial charge < -0.3 is 40.7 Å². The summed E-state index contributed by atoms with van der Waals surface area (Å²) >= 11 is 1.37. The number of carbonyl (C=O) groups excluding carboxylic acids is 4. The molecule has 14 heteroatoms. The molecule has 0 aliphatic rings. The zero-order valence-electron chi connectivity index (χ0n) is 39.6. The number of alkyl carbamates (subject to hydrolysis) is 2. The zero-order chi connectivity index (χ0) is 46.3. The average Bonchev–Trinajstić information content (AvgIpc) is 3.28. The van der Waals surface area contributed by atoms with Gasteiger partial charge in [0.25, 0.3) is 0 Å². The van der Waals surface area contributed by atoms with Crippen molar-refractivity contribution in [3.05, 3.63) is 24.9 Å². The van der Waals surface area contributed by atoms with Crippen molar-refractivity contribution in [3.63, 3.8) is 0 Å². The molecule has 0 saturated heterocycles. The van der Waals surface area contributed by atoms with E-state index < -0.39 is 49.6 Å². The van der Waals surface area contributed by atoms with Crippen LogP contribution in [0.3, 0.4) is 0 Å². The molecule has 1 atom stereocenters. The first-order valence-corrected chi connectivity index (χ1v) is 26.0. The third-order valence-electron chi connectivity index (χ3n) is 11.1. The molecule has 0 aromatic rings. The summed E-state index contributed by atoms with van der Waals surface area (Å²) in [5, 5.41) is 38.8. The van der Waals surface area contributed by atoms with Crippen molar-refractivity contribution < 1.29 is 44.0 Å². The molecule has 0 rings (SSSR count). The summed E-state index contributed by atoms with van der Waals surface area (Å²) in [6.07, 6.45) is 38.2. The first-order valence-electron chi connectivity index (χ1n) is 24.9. The van der Waals surface area contributed by atoms with Crippen molar-refractivity contribution in [1.82, 2.24) is 21.3 Å². The van der Waals surface area contributed by atoms with Crippen molar-refractivity contribution in [1.29, 1.82) is 0 Å². The van der Waals surface area contributed by atoms with E-state index in [1.54, 1.807) is 6.20 Å². The van der Waals surface area contributed by atoms with Crippen molar-refractivity contribution in [2.24, 2.45) is 0 Å². The molecule has 0 aliphatic carbocycles. The Morgan fingerprint density at radius 2 is 1.06 bits per heavy atom. The molecule has 0 aromatic heterocycles. The van der Waals surface area contributed by atoms with Crippen LogP contribution in [0.15, 0.2) is 24.9 Å². The number of allylic oxidation sites excluding steroid dienone is 2. The smallest absolute Gasteiger partial charge is 0.411 e. The Labute approximate surface area is 386 Å². The van der Waals surface area contributed by atoms with Crippen LogP contribution in [0.2, 0.25) is 0 Å². The van der Waals surface area contributed by atoms with Crippen molar-refractivity contribution >= 4 is 35.8 Å². The second-order valence-electron chi connectivity index (χ2n) is 17.0. The minimum absolute atomic E-state index is 0.0528. The highest BCUT2D eigenvalue weighted by molar-refractivity contribution is 7.99. The molecule has 7 N–H and O–H groups in total. The van der Waals surface area contributed by atoms with Crippen LogP contribution in [-0.4, -0.2) is 102 Å². The maximum atomic E-state index is 12.7. The fourth-order valence-electron chi connectivity index (χ4n) is 6.95. The molecule has 0 saturated carbocycles. The SMILES string of the molecule is C=CCCCCCCCCCCCCCCCNC(=O)OC(CNC(=O)CCSCCC(=O)NC(CO)(CO)CO)COC(=O)N/C=C/CCCCCCCCCCCCCCC. The number of thioether (sulfide) groups is 1. The topological polar surface area (TPSA) is 196 Å². The van der Waals surface area contributed by atoms with Crippen molar-refractivity contribution in [2.45, 2.75) is 211 Å². The molecular formula is C49H92N4O9S. The molecular weight excluding hydrogens is 821 g/mol. The van der Waals surface area contributed by atoms with Crippen molar-refractivity contribution in [3.8, 4) is 0 Å². The molecule has 0 radical (unpaired) electrons. The highest BCUT2D eigenvalue weighted by atomic mass is 32.2. The lowest BCUT2D eigenvalue weighted by Crippen LogP contribution is -2.57. The van der Waals surface area contributed by atoms with Gasteiger partial charge in [0.05, 0.1) is 26.4 Å². The van der Waals surface area contributed by atoms with Crippen LogP contribution >= 0.6 is 11.8 Å². The Bertz CT molecular complexity index is 1130. The second kappa shape index (κ2) is 45.7. The average molecular weight is 913 g/mol. The van der Waals surface area contributed by atoms with E-state index in [0.29, 0.717) is 18.1 Å². The molecule has 0 aromatic carbocycles. The summed E-state index contributed by atoms with van der Waals surface area (Å²) in [5.74, 6) is 0.0701. The monoisotopic (exact) mass is 913 g/mol. The number of aliphatic hydroxyl groups excluding tert-OH is 3. The van der Waals surface area contributed by atoms with E-state index in [0.717, 1.165) is 44.9 Å². The number of hydrogen-bond acceptors (Lipinski definition) is 10. The van der Waals surface area contributed by atoms with E-state index in [1.165, 1.54) is 147 Å². The summed E-state index contributed by atoms with van der Waals surface area (Å²) < 4.78 is 10.9. The van der Waals surface area contributed by atoms with E-state index in [9.17, 15) is 34.5 Å². The molecule has 0 fully saturated rings. The van der Waals surface area contributed by atoms with Gasteiger partial charge in [-0.05, 0) is 32.1 Å². The lowest BCUT2D eigenvalue weighted by atomic mass is 10.0. The van der Waals surface area contributed by atoms with Crippen LogP contribution < -0.4 is 21.3 Å². The van der Waals surface area contributed by atoms with Crippen LogP contribution in [0.25, 0.3) is 0 Å². The molecule has 1 unspecified atom stereocenters. The van der Waals surface area contributed by atoms with E-state index in [-0.39, 0.29) is 31.9 Å². The third-order valence-corrected chi connectivity index (χ3v) is 12.1. The standard InChI is InChI=1S/C49H92N4O9S/c1-3-5-7-9-11-13-15-17-19-21-23-25-27-29-31-35-50-47(59)61-40-44(39-52-45(57)33-37-63-38-34-46(58)53-49(41-54,42-55)43-56)62-48(60)51-36-32-30-28-26-24-22-20-18-16-14-12-10-8-6-4-2/h4,31,35,44,54-56H,2-3,5-30,32-34,36-43H2,1H3,(H,50,59)(H,51,60)(H,52,57)(H,53,58)/b35-31+.